The summed E-state index contributed by atoms with van der Waals surface area (Å²) in [5.41, 5.74) is 2.10. The third-order valence-electron chi connectivity index (χ3n) is 3.46. The summed E-state index contributed by atoms with van der Waals surface area (Å²) < 4.78 is 9.13. The number of aliphatic hydroxyl groups excluding tert-OH is 1. The molecular weight excluding hydrogens is 244 g/mol. The summed E-state index contributed by atoms with van der Waals surface area (Å²) in [7, 11) is 0. The second-order valence-electron chi connectivity index (χ2n) is 4.77. The normalized spacial score (nSPS) is 16.9. The topological polar surface area (TPSA) is 65.1 Å². The highest BCUT2D eigenvalue weighted by atomic mass is 16.5. The monoisotopic (exact) mass is 262 g/mol. The Kier molecular flexibility index (Phi) is 3.61. The van der Waals surface area contributed by atoms with Gasteiger partial charge < -0.3 is 9.84 Å². The first-order valence-electron chi connectivity index (χ1n) is 6.62. The van der Waals surface area contributed by atoms with E-state index in [1.54, 1.807) is 10.9 Å². The molecule has 6 nitrogen and oxygen atoms in total. The standard InChI is InChI=1S/C13H18N4O2/c18-4-3-16-9-11(7-14-16)12-8-15-17(10-12)13-1-5-19-6-2-13/h7-10,13,18H,1-6H2. The van der Waals surface area contributed by atoms with Crippen molar-refractivity contribution >= 4 is 0 Å². The molecule has 2 aromatic heterocycles. The van der Waals surface area contributed by atoms with Gasteiger partial charge in [-0.3, -0.25) is 9.36 Å². The lowest BCUT2D eigenvalue weighted by Gasteiger charge is -2.22. The van der Waals surface area contributed by atoms with E-state index in [1.807, 2.05) is 17.1 Å². The zero-order valence-corrected chi connectivity index (χ0v) is 10.8. The second kappa shape index (κ2) is 5.54. The number of aliphatic hydroxyl groups is 1. The molecule has 6 heteroatoms. The van der Waals surface area contributed by atoms with Crippen molar-refractivity contribution in [3.05, 3.63) is 24.8 Å². The van der Waals surface area contributed by atoms with Crippen molar-refractivity contribution in [3.8, 4) is 11.1 Å². The van der Waals surface area contributed by atoms with Crippen molar-refractivity contribution in [2.24, 2.45) is 0 Å². The van der Waals surface area contributed by atoms with Crippen molar-refractivity contribution in [2.75, 3.05) is 19.8 Å². The number of hydrogen-bond acceptors (Lipinski definition) is 4. The summed E-state index contributed by atoms with van der Waals surface area (Å²) in [5.74, 6) is 0. The van der Waals surface area contributed by atoms with Gasteiger partial charge in [-0.2, -0.15) is 10.2 Å². The van der Waals surface area contributed by atoms with Crippen molar-refractivity contribution in [2.45, 2.75) is 25.4 Å². The lowest BCUT2D eigenvalue weighted by atomic mass is 10.1. The van der Waals surface area contributed by atoms with Crippen LogP contribution in [-0.4, -0.2) is 44.5 Å². The van der Waals surface area contributed by atoms with Crippen LogP contribution in [0.15, 0.2) is 24.8 Å². The zero-order chi connectivity index (χ0) is 13.1. The van der Waals surface area contributed by atoms with Gasteiger partial charge in [0.25, 0.3) is 0 Å². The minimum atomic E-state index is 0.0997. The van der Waals surface area contributed by atoms with E-state index in [-0.39, 0.29) is 6.61 Å². The highest BCUT2D eigenvalue weighted by molar-refractivity contribution is 5.59. The van der Waals surface area contributed by atoms with E-state index < -0.39 is 0 Å². The van der Waals surface area contributed by atoms with Crippen LogP contribution in [-0.2, 0) is 11.3 Å². The number of nitrogens with zero attached hydrogens (tertiary/aromatic N) is 4. The molecule has 1 aliphatic rings. The molecule has 0 spiro atoms. The quantitative estimate of drug-likeness (QED) is 0.895. The maximum Gasteiger partial charge on any atom is 0.0641 e. The summed E-state index contributed by atoms with van der Waals surface area (Å²) in [6, 6.07) is 0.440. The van der Waals surface area contributed by atoms with Crippen molar-refractivity contribution in [1.82, 2.24) is 19.6 Å². The first kappa shape index (κ1) is 12.4. The molecule has 0 bridgehead atoms. The van der Waals surface area contributed by atoms with Gasteiger partial charge in [-0.05, 0) is 12.8 Å². The molecule has 3 heterocycles. The molecule has 102 valence electrons. The minimum Gasteiger partial charge on any atom is -0.394 e. The molecule has 0 saturated carbocycles. The van der Waals surface area contributed by atoms with E-state index >= 15 is 0 Å². The van der Waals surface area contributed by atoms with Crippen molar-refractivity contribution in [3.63, 3.8) is 0 Å². The maximum atomic E-state index is 8.88. The Labute approximate surface area is 111 Å². The second-order valence-corrected chi connectivity index (χ2v) is 4.77. The van der Waals surface area contributed by atoms with Gasteiger partial charge in [-0.25, -0.2) is 0 Å². The first-order valence-corrected chi connectivity index (χ1v) is 6.62. The van der Waals surface area contributed by atoms with E-state index in [1.165, 1.54) is 0 Å². The summed E-state index contributed by atoms with van der Waals surface area (Å²) in [6.45, 7) is 2.25. The molecular formula is C13H18N4O2. The van der Waals surface area contributed by atoms with E-state index in [2.05, 4.69) is 16.4 Å². The Morgan fingerprint density at radius 2 is 1.89 bits per heavy atom. The molecule has 0 aromatic carbocycles. The average molecular weight is 262 g/mol. The van der Waals surface area contributed by atoms with Crippen LogP contribution < -0.4 is 0 Å². The van der Waals surface area contributed by atoms with Crippen molar-refractivity contribution in [1.29, 1.82) is 0 Å². The van der Waals surface area contributed by atoms with Gasteiger partial charge in [0.2, 0.25) is 0 Å². The van der Waals surface area contributed by atoms with Crippen LogP contribution in [0.5, 0.6) is 0 Å². The molecule has 19 heavy (non-hydrogen) atoms. The van der Waals surface area contributed by atoms with E-state index in [4.69, 9.17) is 9.84 Å². The molecule has 2 aromatic rings. The Morgan fingerprint density at radius 1 is 1.16 bits per heavy atom. The fourth-order valence-electron chi connectivity index (χ4n) is 2.37. The third-order valence-corrected chi connectivity index (χ3v) is 3.46. The molecule has 3 rings (SSSR count). The maximum absolute atomic E-state index is 8.88. The largest absolute Gasteiger partial charge is 0.394 e. The van der Waals surface area contributed by atoms with Gasteiger partial charge in [-0.1, -0.05) is 0 Å². The van der Waals surface area contributed by atoms with Gasteiger partial charge in [0.1, 0.15) is 0 Å². The highest BCUT2D eigenvalue weighted by Crippen LogP contribution is 2.24. The highest BCUT2D eigenvalue weighted by Gasteiger charge is 2.17. The summed E-state index contributed by atoms with van der Waals surface area (Å²) in [6.07, 6.45) is 9.71. The predicted octanol–water partition coefficient (Wildman–Crippen LogP) is 1.09. The zero-order valence-electron chi connectivity index (χ0n) is 10.8. The molecule has 0 aliphatic carbocycles. The lowest BCUT2D eigenvalue weighted by molar-refractivity contribution is 0.0662. The fourth-order valence-corrected chi connectivity index (χ4v) is 2.37. The van der Waals surface area contributed by atoms with E-state index in [9.17, 15) is 0 Å². The molecule has 1 N–H and O–H groups in total. The van der Waals surface area contributed by atoms with E-state index in [0.717, 1.165) is 37.2 Å². The van der Waals surface area contributed by atoms with E-state index in [0.29, 0.717) is 12.6 Å². The summed E-state index contributed by atoms with van der Waals surface area (Å²) in [4.78, 5) is 0. The van der Waals surface area contributed by atoms with Gasteiger partial charge in [0.05, 0.1) is 31.6 Å². The lowest BCUT2D eigenvalue weighted by Crippen LogP contribution is -2.19. The molecule has 1 fully saturated rings. The Balaban J connectivity index is 1.75. The van der Waals surface area contributed by atoms with Gasteiger partial charge >= 0.3 is 0 Å². The summed E-state index contributed by atoms with van der Waals surface area (Å²) >= 11 is 0. The minimum absolute atomic E-state index is 0.0997. The number of aromatic nitrogens is 4. The van der Waals surface area contributed by atoms with Crippen LogP contribution in [0.1, 0.15) is 18.9 Å². The Morgan fingerprint density at radius 3 is 2.68 bits per heavy atom. The summed E-state index contributed by atoms with van der Waals surface area (Å²) in [5, 5.41) is 17.5. The van der Waals surface area contributed by atoms with Crippen LogP contribution in [0.25, 0.3) is 11.1 Å². The number of hydrogen-bond donors (Lipinski definition) is 1. The SMILES string of the molecule is OCCn1cc(-c2cnn(C3CCOCC3)c2)cn1. The van der Waals surface area contributed by atoms with Crippen LogP contribution in [0.2, 0.25) is 0 Å². The molecule has 0 radical (unpaired) electrons. The molecule has 0 unspecified atom stereocenters. The smallest absolute Gasteiger partial charge is 0.0641 e. The third kappa shape index (κ3) is 2.69. The van der Waals surface area contributed by atoms with Crippen LogP contribution in [0, 0.1) is 0 Å². The van der Waals surface area contributed by atoms with Crippen LogP contribution in [0.4, 0.5) is 0 Å². The number of ether oxygens (including phenoxy) is 1. The van der Waals surface area contributed by atoms with Crippen LogP contribution >= 0.6 is 0 Å². The Bertz CT molecular complexity index is 528. The van der Waals surface area contributed by atoms with Crippen molar-refractivity contribution < 1.29 is 9.84 Å². The molecule has 0 atom stereocenters. The average Bonchev–Trinajstić information content (AvgIpc) is 3.08. The van der Waals surface area contributed by atoms with Gasteiger partial charge in [0.15, 0.2) is 0 Å². The predicted molar refractivity (Wildman–Crippen MR) is 69.6 cm³/mol. The number of rotatable bonds is 4. The molecule has 0 amide bonds. The van der Waals surface area contributed by atoms with Crippen LogP contribution in [0.3, 0.4) is 0 Å². The van der Waals surface area contributed by atoms with Gasteiger partial charge in [-0.15, -0.1) is 0 Å². The first-order chi connectivity index (χ1) is 9.36. The fraction of sp³-hybridized carbons (Fsp3) is 0.538. The molecule has 1 saturated heterocycles. The Hall–Kier alpha value is -1.66. The molecule has 1 aliphatic heterocycles. The van der Waals surface area contributed by atoms with Gasteiger partial charge in [0, 0.05) is 36.7 Å².